The highest BCUT2D eigenvalue weighted by atomic mass is 35.5. The molecule has 4 atom stereocenters. The summed E-state index contributed by atoms with van der Waals surface area (Å²) in [5, 5.41) is 7.33. The first-order valence-corrected chi connectivity index (χ1v) is 14.3. The van der Waals surface area contributed by atoms with Gasteiger partial charge in [-0.15, -0.1) is 0 Å². The van der Waals surface area contributed by atoms with E-state index in [0.717, 1.165) is 5.56 Å². The van der Waals surface area contributed by atoms with Gasteiger partial charge in [0, 0.05) is 34.0 Å². The van der Waals surface area contributed by atoms with Crippen LogP contribution in [0.4, 0.5) is 10.1 Å². The number of ether oxygens (including phenoxy) is 2. The molecule has 0 radical (unpaired) electrons. The van der Waals surface area contributed by atoms with Crippen molar-refractivity contribution in [2.45, 2.75) is 50.6 Å². The summed E-state index contributed by atoms with van der Waals surface area (Å²) in [6.07, 6.45) is 0.578. The van der Waals surface area contributed by atoms with Gasteiger partial charge in [-0.25, -0.2) is 9.18 Å². The molecular formula is C32H36Cl2FN3O4. The lowest BCUT2D eigenvalue weighted by atomic mass is 9.62. The SMILES string of the molecule is COC(=O)c1ccc(NC(=O)[C@@H]2N[C@@H](CC(C)(C)C)[C@](CN)(c3cc(Cl)ccc3F)[C@@H]2c2cccc(Cl)c2)c(OC)c1. The van der Waals surface area contributed by atoms with E-state index in [-0.39, 0.29) is 29.2 Å². The lowest BCUT2D eigenvalue weighted by molar-refractivity contribution is -0.118. The Morgan fingerprint density at radius 3 is 2.38 bits per heavy atom. The van der Waals surface area contributed by atoms with Crippen LogP contribution in [0.2, 0.25) is 10.0 Å². The molecule has 0 spiro atoms. The van der Waals surface area contributed by atoms with Crippen LogP contribution in [-0.2, 0) is 14.9 Å². The summed E-state index contributed by atoms with van der Waals surface area (Å²) in [7, 11) is 2.72. The Morgan fingerprint density at radius 2 is 1.76 bits per heavy atom. The molecule has 1 aliphatic heterocycles. The topological polar surface area (TPSA) is 103 Å². The Bertz CT molecular complexity index is 1480. The van der Waals surface area contributed by atoms with Crippen molar-refractivity contribution in [3.63, 3.8) is 0 Å². The van der Waals surface area contributed by atoms with Gasteiger partial charge >= 0.3 is 5.97 Å². The molecule has 0 aromatic heterocycles. The van der Waals surface area contributed by atoms with Crippen LogP contribution in [0.5, 0.6) is 5.75 Å². The van der Waals surface area contributed by atoms with E-state index in [1.165, 1.54) is 38.5 Å². The van der Waals surface area contributed by atoms with Crippen molar-refractivity contribution in [2.75, 3.05) is 26.1 Å². The Morgan fingerprint density at radius 1 is 1.05 bits per heavy atom. The van der Waals surface area contributed by atoms with Gasteiger partial charge in [-0.05, 0) is 71.5 Å². The molecule has 0 unspecified atom stereocenters. The number of halogens is 3. The van der Waals surface area contributed by atoms with Crippen LogP contribution < -0.4 is 21.1 Å². The van der Waals surface area contributed by atoms with Crippen molar-refractivity contribution >= 4 is 40.8 Å². The van der Waals surface area contributed by atoms with Crippen LogP contribution in [0.1, 0.15) is 54.6 Å². The number of nitrogens with two attached hydrogens (primary N) is 1. The normalized spacial score (nSPS) is 22.1. The fourth-order valence-corrected chi connectivity index (χ4v) is 6.46. The third-order valence-electron chi connectivity index (χ3n) is 7.85. The number of methoxy groups -OCH3 is 2. The number of rotatable bonds is 8. The van der Waals surface area contributed by atoms with Crippen LogP contribution in [0.25, 0.3) is 0 Å². The number of carbonyl (C=O) groups excluding carboxylic acids is 2. The molecule has 3 aromatic rings. The first-order valence-electron chi connectivity index (χ1n) is 13.6. The molecule has 0 saturated carbocycles. The van der Waals surface area contributed by atoms with Gasteiger partial charge in [0.05, 0.1) is 31.5 Å². The maximum atomic E-state index is 15.8. The summed E-state index contributed by atoms with van der Waals surface area (Å²) in [5.41, 5.74) is 7.04. The quantitative estimate of drug-likeness (QED) is 0.256. The minimum Gasteiger partial charge on any atom is -0.495 e. The minimum atomic E-state index is -1.08. The highest BCUT2D eigenvalue weighted by Crippen LogP contribution is 2.52. The zero-order valence-electron chi connectivity index (χ0n) is 24.3. The molecule has 1 aliphatic rings. The number of hydrogen-bond acceptors (Lipinski definition) is 6. The van der Waals surface area contributed by atoms with E-state index in [9.17, 15) is 9.59 Å². The van der Waals surface area contributed by atoms with Crippen molar-refractivity contribution < 1.29 is 23.5 Å². The van der Waals surface area contributed by atoms with Gasteiger partial charge in [-0.3, -0.25) is 4.79 Å². The zero-order valence-corrected chi connectivity index (χ0v) is 25.8. The van der Waals surface area contributed by atoms with Crippen LogP contribution in [0, 0.1) is 11.2 Å². The smallest absolute Gasteiger partial charge is 0.337 e. The molecule has 1 heterocycles. The molecule has 1 amide bonds. The summed E-state index contributed by atoms with van der Waals surface area (Å²) in [6, 6.07) is 15.0. The fourth-order valence-electron chi connectivity index (χ4n) is 6.08. The molecule has 1 fully saturated rings. The Kier molecular flexibility index (Phi) is 9.52. The van der Waals surface area contributed by atoms with Crippen LogP contribution in [0.15, 0.2) is 60.7 Å². The summed E-state index contributed by atoms with van der Waals surface area (Å²) in [4.78, 5) is 26.3. The number of hydrogen-bond donors (Lipinski definition) is 3. The van der Waals surface area contributed by atoms with Gasteiger partial charge in [0.2, 0.25) is 5.91 Å². The van der Waals surface area contributed by atoms with Crippen LogP contribution in [0.3, 0.4) is 0 Å². The number of carbonyl (C=O) groups is 2. The van der Waals surface area contributed by atoms with Gasteiger partial charge in [-0.2, -0.15) is 0 Å². The van der Waals surface area contributed by atoms with Gasteiger partial charge in [0.1, 0.15) is 11.6 Å². The zero-order chi connectivity index (χ0) is 30.8. The van der Waals surface area contributed by atoms with Crippen molar-refractivity contribution in [1.82, 2.24) is 5.32 Å². The average molecular weight is 617 g/mol. The number of nitrogens with one attached hydrogen (secondary N) is 2. The van der Waals surface area contributed by atoms with E-state index < -0.39 is 35.2 Å². The highest BCUT2D eigenvalue weighted by molar-refractivity contribution is 6.31. The molecule has 224 valence electrons. The molecule has 4 N–H and O–H groups in total. The molecule has 42 heavy (non-hydrogen) atoms. The number of anilines is 1. The van der Waals surface area contributed by atoms with Crippen molar-refractivity contribution in [1.29, 1.82) is 0 Å². The van der Waals surface area contributed by atoms with Crippen molar-refractivity contribution in [2.24, 2.45) is 11.1 Å². The molecule has 10 heteroatoms. The number of esters is 1. The molecule has 3 aromatic carbocycles. The molecule has 4 rings (SSSR count). The monoisotopic (exact) mass is 615 g/mol. The molecule has 1 saturated heterocycles. The number of benzene rings is 3. The molecule has 0 bridgehead atoms. The minimum absolute atomic E-state index is 0.0239. The van der Waals surface area contributed by atoms with Crippen molar-refractivity contribution in [3.8, 4) is 5.75 Å². The van der Waals surface area contributed by atoms with Gasteiger partial charge in [0.25, 0.3) is 0 Å². The van der Waals surface area contributed by atoms with E-state index in [4.69, 9.17) is 38.4 Å². The van der Waals surface area contributed by atoms with E-state index >= 15 is 4.39 Å². The largest absolute Gasteiger partial charge is 0.495 e. The van der Waals surface area contributed by atoms with Gasteiger partial charge in [-0.1, -0.05) is 56.1 Å². The maximum absolute atomic E-state index is 15.8. The predicted molar refractivity (Wildman–Crippen MR) is 164 cm³/mol. The lowest BCUT2D eigenvalue weighted by Crippen LogP contribution is -2.50. The molecular weight excluding hydrogens is 580 g/mol. The van der Waals surface area contributed by atoms with Gasteiger partial charge in [0.15, 0.2) is 0 Å². The highest BCUT2D eigenvalue weighted by Gasteiger charge is 2.59. The van der Waals surface area contributed by atoms with Gasteiger partial charge < -0.3 is 25.8 Å². The lowest BCUT2D eigenvalue weighted by Gasteiger charge is -2.42. The Labute approximate surface area is 255 Å². The first kappa shape index (κ1) is 31.8. The number of amides is 1. The third-order valence-corrected chi connectivity index (χ3v) is 8.32. The first-order chi connectivity index (χ1) is 19.8. The molecule has 7 nitrogen and oxygen atoms in total. The summed E-state index contributed by atoms with van der Waals surface area (Å²) in [6.45, 7) is 6.27. The van der Waals surface area contributed by atoms with Crippen LogP contribution in [-0.4, -0.2) is 44.7 Å². The second-order valence-electron chi connectivity index (χ2n) is 11.8. The van der Waals surface area contributed by atoms with E-state index in [1.54, 1.807) is 30.3 Å². The Balaban J connectivity index is 1.89. The van der Waals surface area contributed by atoms with Crippen molar-refractivity contribution in [3.05, 3.63) is 93.2 Å². The summed E-state index contributed by atoms with van der Waals surface area (Å²) < 4.78 is 26.1. The fraction of sp³-hybridized carbons (Fsp3) is 0.375. The van der Waals surface area contributed by atoms with E-state index in [1.807, 2.05) is 6.07 Å². The summed E-state index contributed by atoms with van der Waals surface area (Å²) in [5.74, 6) is -1.74. The third kappa shape index (κ3) is 6.27. The summed E-state index contributed by atoms with van der Waals surface area (Å²) >= 11 is 12.9. The van der Waals surface area contributed by atoms with Crippen LogP contribution >= 0.6 is 23.2 Å². The van der Waals surface area contributed by atoms with E-state index in [0.29, 0.717) is 27.7 Å². The second kappa shape index (κ2) is 12.6. The maximum Gasteiger partial charge on any atom is 0.337 e. The predicted octanol–water partition coefficient (Wildman–Crippen LogP) is 6.32. The Hall–Kier alpha value is -3.17. The second-order valence-corrected chi connectivity index (χ2v) is 12.6. The average Bonchev–Trinajstić information content (AvgIpc) is 3.27. The standard InChI is InChI=1S/C32H36Cl2FN3O4/c1-31(2,3)16-26-32(17-36,22-15-21(34)10-11-23(22)35)27(18-7-6-8-20(33)13-18)28(38-26)29(39)37-24-12-9-19(30(40)42-5)14-25(24)41-4/h6-15,26-28,38H,16-17,36H2,1-5H3,(H,37,39)/t26-,27+,28+,32-/m0/s1. The van der Waals surface area contributed by atoms with E-state index in [2.05, 4.69) is 31.4 Å². The molecule has 0 aliphatic carbocycles.